The lowest BCUT2D eigenvalue weighted by molar-refractivity contribution is 0.0772. The van der Waals surface area contributed by atoms with Gasteiger partial charge in [0.1, 0.15) is 5.82 Å². The normalized spacial score (nSPS) is 10.3. The van der Waals surface area contributed by atoms with E-state index in [0.717, 1.165) is 11.3 Å². The summed E-state index contributed by atoms with van der Waals surface area (Å²) >= 11 is 0. The van der Waals surface area contributed by atoms with Crippen LogP contribution in [0.1, 0.15) is 45.8 Å². The predicted octanol–water partition coefficient (Wildman–Crippen LogP) is 3.43. The van der Waals surface area contributed by atoms with E-state index >= 15 is 0 Å². The molecule has 2 amide bonds. The van der Waals surface area contributed by atoms with E-state index in [1.807, 2.05) is 39.8 Å². The van der Waals surface area contributed by atoms with E-state index in [-0.39, 0.29) is 11.8 Å². The minimum Gasteiger partial charge on any atom is -0.339 e. The molecule has 0 aliphatic rings. The van der Waals surface area contributed by atoms with E-state index in [2.05, 4.69) is 10.3 Å². The van der Waals surface area contributed by atoms with Gasteiger partial charge in [-0.2, -0.15) is 0 Å². The van der Waals surface area contributed by atoms with E-state index in [0.29, 0.717) is 30.0 Å². The summed E-state index contributed by atoms with van der Waals surface area (Å²) < 4.78 is 0. The fourth-order valence-corrected chi connectivity index (χ4v) is 2.55. The first-order chi connectivity index (χ1) is 11.4. The molecule has 0 aliphatic heterocycles. The third-order valence-electron chi connectivity index (χ3n) is 3.78. The Morgan fingerprint density at radius 3 is 2.12 bits per heavy atom. The molecule has 126 valence electrons. The van der Waals surface area contributed by atoms with Gasteiger partial charge in [-0.05, 0) is 69.7 Å². The lowest BCUT2D eigenvalue weighted by atomic mass is 10.1. The molecule has 0 atom stereocenters. The predicted molar refractivity (Wildman–Crippen MR) is 95.4 cm³/mol. The molecular formula is C19H23N3O2. The highest BCUT2D eigenvalue weighted by atomic mass is 16.2. The Bertz CT molecular complexity index is 715. The lowest BCUT2D eigenvalue weighted by Gasteiger charge is -2.18. The number of hydrogen-bond donors (Lipinski definition) is 1. The second kappa shape index (κ2) is 7.73. The molecule has 0 saturated heterocycles. The van der Waals surface area contributed by atoms with Crippen LogP contribution < -0.4 is 5.32 Å². The molecule has 24 heavy (non-hydrogen) atoms. The largest absolute Gasteiger partial charge is 0.339 e. The average Bonchev–Trinajstić information content (AvgIpc) is 2.55. The van der Waals surface area contributed by atoms with E-state index in [9.17, 15) is 9.59 Å². The molecule has 0 saturated carbocycles. The molecule has 1 heterocycles. The Morgan fingerprint density at radius 2 is 1.58 bits per heavy atom. The van der Waals surface area contributed by atoms with Crippen molar-refractivity contribution in [2.45, 2.75) is 27.7 Å². The molecule has 0 aliphatic carbocycles. The monoisotopic (exact) mass is 325 g/mol. The zero-order valence-electron chi connectivity index (χ0n) is 14.6. The molecule has 5 nitrogen and oxygen atoms in total. The van der Waals surface area contributed by atoms with Gasteiger partial charge in [0.25, 0.3) is 11.8 Å². The van der Waals surface area contributed by atoms with Crippen LogP contribution in [0.15, 0.2) is 36.4 Å². The molecule has 5 heteroatoms. The minimum absolute atomic E-state index is 0.0251. The molecule has 1 aromatic heterocycles. The zero-order chi connectivity index (χ0) is 17.7. The number of amides is 2. The number of carbonyl (C=O) groups is 2. The van der Waals surface area contributed by atoms with Crippen LogP contribution in [0.3, 0.4) is 0 Å². The standard InChI is InChI=1S/C19H23N3O2/c1-5-22(6-2)19(24)16-9-7-15(8-10-16)18(23)21-17-12-13(3)11-14(4)20-17/h7-12H,5-6H2,1-4H3,(H,20,21,23). The fraction of sp³-hybridized carbons (Fsp3) is 0.316. The molecule has 1 N–H and O–H groups in total. The number of pyridine rings is 1. The SMILES string of the molecule is CCN(CC)C(=O)c1ccc(C(=O)Nc2cc(C)cc(C)n2)cc1. The second-order valence-corrected chi connectivity index (χ2v) is 5.68. The number of hydrogen-bond acceptors (Lipinski definition) is 3. The van der Waals surface area contributed by atoms with Crippen molar-refractivity contribution in [1.82, 2.24) is 9.88 Å². The molecule has 0 fully saturated rings. The van der Waals surface area contributed by atoms with Gasteiger partial charge in [-0.25, -0.2) is 4.98 Å². The topological polar surface area (TPSA) is 62.3 Å². The summed E-state index contributed by atoms with van der Waals surface area (Å²) in [5.41, 5.74) is 2.97. The summed E-state index contributed by atoms with van der Waals surface area (Å²) in [6.45, 7) is 9.06. The van der Waals surface area contributed by atoms with Crippen LogP contribution in [0.2, 0.25) is 0 Å². The number of nitrogens with zero attached hydrogens (tertiary/aromatic N) is 2. The lowest BCUT2D eigenvalue weighted by Crippen LogP contribution is -2.30. The summed E-state index contributed by atoms with van der Waals surface area (Å²) in [6.07, 6.45) is 0. The number of benzene rings is 1. The number of aromatic nitrogens is 1. The van der Waals surface area contributed by atoms with Crippen molar-refractivity contribution in [2.24, 2.45) is 0 Å². The highest BCUT2D eigenvalue weighted by Crippen LogP contribution is 2.12. The van der Waals surface area contributed by atoms with Crippen molar-refractivity contribution in [1.29, 1.82) is 0 Å². The maximum atomic E-state index is 12.3. The first kappa shape index (κ1) is 17.7. The van der Waals surface area contributed by atoms with Crippen molar-refractivity contribution < 1.29 is 9.59 Å². The average molecular weight is 325 g/mol. The van der Waals surface area contributed by atoms with Gasteiger partial charge in [-0.1, -0.05) is 0 Å². The smallest absolute Gasteiger partial charge is 0.256 e. The Kier molecular flexibility index (Phi) is 5.68. The third-order valence-corrected chi connectivity index (χ3v) is 3.78. The van der Waals surface area contributed by atoms with Gasteiger partial charge in [-0.15, -0.1) is 0 Å². The fourth-order valence-electron chi connectivity index (χ4n) is 2.55. The molecule has 0 unspecified atom stereocenters. The maximum absolute atomic E-state index is 12.3. The van der Waals surface area contributed by atoms with Crippen LogP contribution in [0.4, 0.5) is 5.82 Å². The number of rotatable bonds is 5. The van der Waals surface area contributed by atoms with Crippen molar-refractivity contribution in [3.63, 3.8) is 0 Å². The molecular weight excluding hydrogens is 302 g/mol. The Labute approximate surface area is 142 Å². The van der Waals surface area contributed by atoms with Gasteiger partial charge in [0.05, 0.1) is 0 Å². The Balaban J connectivity index is 2.12. The van der Waals surface area contributed by atoms with Crippen molar-refractivity contribution in [3.8, 4) is 0 Å². The van der Waals surface area contributed by atoms with Crippen LogP contribution in [-0.4, -0.2) is 34.8 Å². The van der Waals surface area contributed by atoms with Crippen molar-refractivity contribution in [3.05, 3.63) is 58.8 Å². The van der Waals surface area contributed by atoms with Crippen LogP contribution in [0, 0.1) is 13.8 Å². The summed E-state index contributed by atoms with van der Waals surface area (Å²) in [7, 11) is 0. The minimum atomic E-state index is -0.241. The second-order valence-electron chi connectivity index (χ2n) is 5.68. The summed E-state index contributed by atoms with van der Waals surface area (Å²) in [6, 6.07) is 10.5. The number of aryl methyl sites for hydroxylation is 2. The van der Waals surface area contributed by atoms with Gasteiger partial charge in [-0.3, -0.25) is 9.59 Å². The van der Waals surface area contributed by atoms with Gasteiger partial charge in [0.2, 0.25) is 0 Å². The van der Waals surface area contributed by atoms with Crippen LogP contribution in [-0.2, 0) is 0 Å². The van der Waals surface area contributed by atoms with Crippen molar-refractivity contribution in [2.75, 3.05) is 18.4 Å². The van der Waals surface area contributed by atoms with E-state index in [1.165, 1.54) is 0 Å². The van der Waals surface area contributed by atoms with Gasteiger partial charge in [0.15, 0.2) is 0 Å². The third kappa shape index (κ3) is 4.19. The Morgan fingerprint density at radius 1 is 1.00 bits per heavy atom. The quantitative estimate of drug-likeness (QED) is 0.916. The Hall–Kier alpha value is -2.69. The molecule has 0 radical (unpaired) electrons. The molecule has 2 rings (SSSR count). The molecule has 2 aromatic rings. The summed E-state index contributed by atoms with van der Waals surface area (Å²) in [5, 5.41) is 2.79. The van der Waals surface area contributed by atoms with E-state index < -0.39 is 0 Å². The van der Waals surface area contributed by atoms with E-state index in [1.54, 1.807) is 29.2 Å². The van der Waals surface area contributed by atoms with Crippen LogP contribution >= 0.6 is 0 Å². The number of carbonyl (C=O) groups excluding carboxylic acids is 2. The molecule has 0 bridgehead atoms. The zero-order valence-corrected chi connectivity index (χ0v) is 14.6. The molecule has 1 aromatic carbocycles. The highest BCUT2D eigenvalue weighted by Gasteiger charge is 2.13. The van der Waals surface area contributed by atoms with Gasteiger partial charge in [0, 0.05) is 29.9 Å². The highest BCUT2D eigenvalue weighted by molar-refractivity contribution is 6.04. The molecule has 0 spiro atoms. The first-order valence-electron chi connectivity index (χ1n) is 8.10. The van der Waals surface area contributed by atoms with Gasteiger partial charge < -0.3 is 10.2 Å². The van der Waals surface area contributed by atoms with Crippen LogP contribution in [0.25, 0.3) is 0 Å². The van der Waals surface area contributed by atoms with Gasteiger partial charge >= 0.3 is 0 Å². The first-order valence-corrected chi connectivity index (χ1v) is 8.10. The number of anilines is 1. The van der Waals surface area contributed by atoms with Crippen LogP contribution in [0.5, 0.6) is 0 Å². The number of nitrogens with one attached hydrogen (secondary N) is 1. The maximum Gasteiger partial charge on any atom is 0.256 e. The van der Waals surface area contributed by atoms with E-state index in [4.69, 9.17) is 0 Å². The summed E-state index contributed by atoms with van der Waals surface area (Å²) in [5.74, 6) is 0.262. The summed E-state index contributed by atoms with van der Waals surface area (Å²) in [4.78, 5) is 30.6. The van der Waals surface area contributed by atoms with Crippen molar-refractivity contribution >= 4 is 17.6 Å².